The third-order valence-electron chi connectivity index (χ3n) is 2.13. The molecule has 15 heavy (non-hydrogen) atoms. The van der Waals surface area contributed by atoms with Crippen molar-refractivity contribution in [1.82, 2.24) is 15.2 Å². The van der Waals surface area contributed by atoms with E-state index >= 15 is 0 Å². The van der Waals surface area contributed by atoms with E-state index in [1.54, 1.807) is 17.5 Å². The second kappa shape index (κ2) is 4.00. The number of aromatic nitrogens is 3. The Morgan fingerprint density at radius 3 is 3.00 bits per heavy atom. The number of anilines is 1. The molecule has 80 valence electrons. The molecule has 0 aliphatic carbocycles. The summed E-state index contributed by atoms with van der Waals surface area (Å²) in [5, 5.41) is 19.2. The summed E-state index contributed by atoms with van der Waals surface area (Å²) in [6.07, 6.45) is 1.36. The molecule has 4 N–H and O–H groups in total. The summed E-state index contributed by atoms with van der Waals surface area (Å²) in [4.78, 5) is 4.28. The number of H-pyrrole nitrogens is 1. The molecule has 2 heterocycles. The smallest absolute Gasteiger partial charge is 0.124 e. The molecular formula is C9H12N4OS. The Morgan fingerprint density at radius 1 is 1.67 bits per heavy atom. The summed E-state index contributed by atoms with van der Waals surface area (Å²) in [7, 11) is 0. The third kappa shape index (κ3) is 2.16. The van der Waals surface area contributed by atoms with Crippen LogP contribution in [0.3, 0.4) is 0 Å². The molecule has 0 aromatic carbocycles. The zero-order chi connectivity index (χ0) is 10.8. The van der Waals surface area contributed by atoms with Gasteiger partial charge in [-0.1, -0.05) is 0 Å². The fourth-order valence-corrected chi connectivity index (χ4v) is 2.01. The van der Waals surface area contributed by atoms with Crippen LogP contribution in [0.1, 0.15) is 22.4 Å². The van der Waals surface area contributed by atoms with Crippen LogP contribution in [0.25, 0.3) is 0 Å². The Hall–Kier alpha value is -1.40. The van der Waals surface area contributed by atoms with E-state index in [0.717, 1.165) is 10.7 Å². The van der Waals surface area contributed by atoms with Crippen LogP contribution in [0.5, 0.6) is 0 Å². The largest absolute Gasteiger partial charge is 0.388 e. The van der Waals surface area contributed by atoms with Gasteiger partial charge in [0.15, 0.2) is 0 Å². The number of nitrogen functional groups attached to an aromatic ring is 1. The normalized spacial score (nSPS) is 12.9. The number of rotatable bonds is 3. The first-order chi connectivity index (χ1) is 7.16. The molecule has 2 aromatic rings. The van der Waals surface area contributed by atoms with Gasteiger partial charge >= 0.3 is 0 Å². The molecule has 0 fully saturated rings. The number of aryl methyl sites for hydroxylation is 1. The number of aliphatic hydroxyl groups is 1. The molecule has 2 rings (SSSR count). The molecule has 0 bridgehead atoms. The van der Waals surface area contributed by atoms with Gasteiger partial charge in [-0.05, 0) is 6.92 Å². The molecule has 0 aliphatic rings. The number of aliphatic hydroxyl groups excluding tert-OH is 1. The Balaban J connectivity index is 2.10. The maximum Gasteiger partial charge on any atom is 0.124 e. The van der Waals surface area contributed by atoms with Crippen molar-refractivity contribution in [1.29, 1.82) is 0 Å². The van der Waals surface area contributed by atoms with Crippen LogP contribution in [0, 0.1) is 6.92 Å². The maximum atomic E-state index is 9.88. The zero-order valence-corrected chi connectivity index (χ0v) is 9.08. The van der Waals surface area contributed by atoms with Crippen LogP contribution in [0.4, 0.5) is 5.82 Å². The molecule has 0 aliphatic heterocycles. The van der Waals surface area contributed by atoms with Gasteiger partial charge in [-0.15, -0.1) is 11.3 Å². The first-order valence-electron chi connectivity index (χ1n) is 4.54. The molecule has 5 nitrogen and oxygen atoms in total. The van der Waals surface area contributed by atoms with Gasteiger partial charge in [-0.25, -0.2) is 4.98 Å². The minimum absolute atomic E-state index is 0.412. The van der Waals surface area contributed by atoms with Gasteiger partial charge in [0.1, 0.15) is 5.82 Å². The van der Waals surface area contributed by atoms with Crippen molar-refractivity contribution >= 4 is 17.2 Å². The molecule has 0 saturated carbocycles. The number of thiazole rings is 1. The lowest BCUT2D eigenvalue weighted by Gasteiger charge is -2.06. The van der Waals surface area contributed by atoms with Gasteiger partial charge in [0, 0.05) is 17.4 Å². The van der Waals surface area contributed by atoms with E-state index in [-0.39, 0.29) is 0 Å². The van der Waals surface area contributed by atoms with Gasteiger partial charge in [0.05, 0.1) is 23.0 Å². The van der Waals surface area contributed by atoms with E-state index < -0.39 is 6.10 Å². The fraction of sp³-hybridized carbons (Fsp3) is 0.333. The standard InChI is InChI=1S/C9H12N4OS/c1-5-12-6(4-15-5)2-8(14)7-3-11-13-9(7)10/h3-4,8,14H,2H2,1H3,(H3,10,11,13). The van der Waals surface area contributed by atoms with Gasteiger partial charge in [0.25, 0.3) is 0 Å². The number of hydrogen-bond donors (Lipinski definition) is 3. The van der Waals surface area contributed by atoms with E-state index in [9.17, 15) is 5.11 Å². The average Bonchev–Trinajstić information content (AvgIpc) is 2.75. The first-order valence-corrected chi connectivity index (χ1v) is 5.42. The van der Waals surface area contributed by atoms with Crippen molar-refractivity contribution in [2.24, 2.45) is 0 Å². The van der Waals surface area contributed by atoms with Crippen molar-refractivity contribution in [2.45, 2.75) is 19.4 Å². The monoisotopic (exact) mass is 224 g/mol. The van der Waals surface area contributed by atoms with Gasteiger partial charge in [-0.2, -0.15) is 5.10 Å². The highest BCUT2D eigenvalue weighted by Crippen LogP contribution is 2.22. The topological polar surface area (TPSA) is 87.8 Å². The number of aromatic amines is 1. The lowest BCUT2D eigenvalue weighted by molar-refractivity contribution is 0.178. The third-order valence-corrected chi connectivity index (χ3v) is 2.95. The van der Waals surface area contributed by atoms with E-state index in [2.05, 4.69) is 15.2 Å². The fourth-order valence-electron chi connectivity index (χ4n) is 1.38. The Bertz CT molecular complexity index is 450. The molecule has 2 aromatic heterocycles. The molecular weight excluding hydrogens is 212 g/mol. The second-order valence-corrected chi connectivity index (χ2v) is 4.38. The maximum absolute atomic E-state index is 9.88. The van der Waals surface area contributed by atoms with Crippen LogP contribution in [0.15, 0.2) is 11.6 Å². The molecule has 0 saturated heterocycles. The molecule has 1 unspecified atom stereocenters. The van der Waals surface area contributed by atoms with Gasteiger partial charge < -0.3 is 10.8 Å². The number of nitrogens with one attached hydrogen (secondary N) is 1. The number of hydrogen-bond acceptors (Lipinski definition) is 5. The van der Waals surface area contributed by atoms with Crippen LogP contribution in [0.2, 0.25) is 0 Å². The summed E-state index contributed by atoms with van der Waals surface area (Å²) in [5.41, 5.74) is 7.11. The first kappa shape index (κ1) is 10.1. The summed E-state index contributed by atoms with van der Waals surface area (Å²) in [6.45, 7) is 1.94. The van der Waals surface area contributed by atoms with E-state index in [1.807, 2.05) is 12.3 Å². The van der Waals surface area contributed by atoms with E-state index in [4.69, 9.17) is 5.73 Å². The average molecular weight is 224 g/mol. The lowest BCUT2D eigenvalue weighted by Crippen LogP contribution is -2.04. The number of nitrogens with zero attached hydrogens (tertiary/aromatic N) is 2. The van der Waals surface area contributed by atoms with E-state index in [1.165, 1.54) is 0 Å². The predicted octanol–water partition coefficient (Wildman–Crippen LogP) is 1.03. The minimum atomic E-state index is -0.648. The van der Waals surface area contributed by atoms with Crippen LogP contribution in [-0.4, -0.2) is 20.3 Å². The van der Waals surface area contributed by atoms with Crippen molar-refractivity contribution < 1.29 is 5.11 Å². The molecule has 6 heteroatoms. The zero-order valence-electron chi connectivity index (χ0n) is 8.27. The molecule has 0 radical (unpaired) electrons. The molecule has 1 atom stereocenters. The van der Waals surface area contributed by atoms with Crippen LogP contribution >= 0.6 is 11.3 Å². The minimum Gasteiger partial charge on any atom is -0.388 e. The van der Waals surface area contributed by atoms with Gasteiger partial charge in [-0.3, -0.25) is 5.10 Å². The van der Waals surface area contributed by atoms with Crippen molar-refractivity contribution in [3.63, 3.8) is 0 Å². The van der Waals surface area contributed by atoms with Crippen LogP contribution < -0.4 is 5.73 Å². The Kier molecular flexibility index (Phi) is 2.70. The summed E-state index contributed by atoms with van der Waals surface area (Å²) in [6, 6.07) is 0. The van der Waals surface area contributed by atoms with Crippen molar-refractivity contribution in [3.05, 3.63) is 27.8 Å². The lowest BCUT2D eigenvalue weighted by atomic mass is 10.1. The Labute approximate surface area is 91.0 Å². The van der Waals surface area contributed by atoms with E-state index in [0.29, 0.717) is 17.8 Å². The predicted molar refractivity (Wildman–Crippen MR) is 58.5 cm³/mol. The quantitative estimate of drug-likeness (QED) is 0.726. The highest BCUT2D eigenvalue weighted by atomic mass is 32.1. The van der Waals surface area contributed by atoms with Crippen molar-refractivity contribution in [3.8, 4) is 0 Å². The highest BCUT2D eigenvalue weighted by molar-refractivity contribution is 7.09. The van der Waals surface area contributed by atoms with Gasteiger partial charge in [0.2, 0.25) is 0 Å². The molecule has 0 amide bonds. The highest BCUT2D eigenvalue weighted by Gasteiger charge is 2.14. The second-order valence-electron chi connectivity index (χ2n) is 3.32. The molecule has 0 spiro atoms. The SMILES string of the molecule is Cc1nc(CC(O)c2cn[nH]c2N)cs1. The van der Waals surface area contributed by atoms with Crippen molar-refractivity contribution in [2.75, 3.05) is 5.73 Å². The van der Waals surface area contributed by atoms with Crippen LogP contribution in [-0.2, 0) is 6.42 Å². The summed E-state index contributed by atoms with van der Waals surface area (Å²) < 4.78 is 0. The number of nitrogens with two attached hydrogens (primary N) is 1. The Morgan fingerprint density at radius 2 is 2.47 bits per heavy atom. The summed E-state index contributed by atoms with van der Waals surface area (Å²) in [5.74, 6) is 0.412. The summed E-state index contributed by atoms with van der Waals surface area (Å²) >= 11 is 1.57.